The molecule has 0 aliphatic rings. The summed E-state index contributed by atoms with van der Waals surface area (Å²) in [4.78, 5) is 26.4. The smallest absolute Gasteiger partial charge is 0.303 e. The lowest BCUT2D eigenvalue weighted by Gasteiger charge is -2.08. The van der Waals surface area contributed by atoms with Gasteiger partial charge in [0.1, 0.15) is 11.5 Å². The number of hydrogen-bond donors (Lipinski definition) is 4. The molecule has 25 heavy (non-hydrogen) atoms. The van der Waals surface area contributed by atoms with E-state index < -0.39 is 11.9 Å². The summed E-state index contributed by atoms with van der Waals surface area (Å²) >= 11 is 0. The summed E-state index contributed by atoms with van der Waals surface area (Å²) < 4.78 is 6.82. The summed E-state index contributed by atoms with van der Waals surface area (Å²) in [5, 5.41) is 20.6. The van der Waals surface area contributed by atoms with Crippen LogP contribution in [0.25, 0.3) is 11.7 Å². The van der Waals surface area contributed by atoms with E-state index in [9.17, 15) is 9.59 Å². The number of carboxylic acids is 1. The zero-order valence-corrected chi connectivity index (χ0v) is 13.7. The fraction of sp³-hybridized carbons (Fsp3) is 0.312. The number of pyridine rings is 1. The third kappa shape index (κ3) is 5.03. The first kappa shape index (κ1) is 18.4. The number of nitrogens with one attached hydrogen (secondary N) is 2. The van der Waals surface area contributed by atoms with E-state index in [2.05, 4.69) is 10.3 Å². The van der Waals surface area contributed by atoms with E-state index in [-0.39, 0.29) is 6.42 Å². The number of anilines is 1. The number of carbonyl (C=O) groups is 2. The molecule has 2 aromatic heterocycles. The summed E-state index contributed by atoms with van der Waals surface area (Å²) in [7, 11) is 1.59. The molecule has 4 N–H and O–H groups in total. The fourth-order valence-electron chi connectivity index (χ4n) is 2.28. The van der Waals surface area contributed by atoms with E-state index in [4.69, 9.17) is 15.1 Å². The molecule has 1 amide bonds. The predicted octanol–water partition coefficient (Wildman–Crippen LogP) is 0.928. The van der Waals surface area contributed by atoms with Gasteiger partial charge >= 0.3 is 5.97 Å². The molecular weight excluding hydrogens is 328 g/mol. The van der Waals surface area contributed by atoms with Crippen molar-refractivity contribution >= 4 is 29.4 Å². The Morgan fingerprint density at radius 1 is 1.40 bits per heavy atom. The highest BCUT2D eigenvalue weighted by atomic mass is 16.5. The van der Waals surface area contributed by atoms with E-state index in [1.807, 2.05) is 0 Å². The largest absolute Gasteiger partial charge is 0.481 e. The number of imidazole rings is 1. The third-order valence-corrected chi connectivity index (χ3v) is 3.43. The molecule has 9 heteroatoms. The van der Waals surface area contributed by atoms with Crippen LogP contribution in [0.4, 0.5) is 5.82 Å². The van der Waals surface area contributed by atoms with Crippen LogP contribution in [0.15, 0.2) is 24.4 Å². The summed E-state index contributed by atoms with van der Waals surface area (Å²) in [6, 6.07) is 3.53. The van der Waals surface area contributed by atoms with Crippen molar-refractivity contribution in [2.45, 2.75) is 12.8 Å². The lowest BCUT2D eigenvalue weighted by molar-refractivity contribution is -0.137. The molecular formula is C16H20N4O5. The third-order valence-electron chi connectivity index (χ3n) is 3.43. The Morgan fingerprint density at radius 3 is 2.88 bits per heavy atom. The number of ether oxygens (including phenoxy) is 1. The molecule has 0 atom stereocenters. The maximum absolute atomic E-state index is 11.1. The van der Waals surface area contributed by atoms with Crippen molar-refractivity contribution in [2.75, 3.05) is 25.6 Å². The van der Waals surface area contributed by atoms with Crippen molar-refractivity contribution in [3.63, 3.8) is 0 Å². The molecule has 2 rings (SSSR count). The average molecular weight is 348 g/mol. The summed E-state index contributed by atoms with van der Waals surface area (Å²) in [6.45, 7) is 1.03. The highest BCUT2D eigenvalue weighted by molar-refractivity contribution is 5.90. The Morgan fingerprint density at radius 2 is 2.20 bits per heavy atom. The van der Waals surface area contributed by atoms with Crippen LogP contribution in [0.1, 0.15) is 17.7 Å². The number of carbonyl (C=O) groups excluding carboxylic acids is 1. The van der Waals surface area contributed by atoms with E-state index in [0.29, 0.717) is 42.3 Å². The number of carboxylic acid groups (broad SMARTS) is 1. The number of amides is 1. The molecule has 0 saturated carbocycles. The molecule has 134 valence electrons. The van der Waals surface area contributed by atoms with Gasteiger partial charge in [0.25, 0.3) is 5.91 Å². The van der Waals surface area contributed by atoms with Gasteiger partial charge in [0.2, 0.25) is 0 Å². The molecule has 2 heterocycles. The Balaban J connectivity index is 2.35. The standard InChI is InChI=1S/C16H20N4O5/c1-25-9-8-17-16-12(4-7-15(22)23)18-13-5-2-11(10-20(13)16)3-6-14(21)19-24/h2-3,5-6,10,17,24H,4,7-9H2,1H3,(H,19,21)(H,22,23)/b6-3+. The van der Waals surface area contributed by atoms with Crippen LogP contribution in [0.3, 0.4) is 0 Å². The normalized spacial score (nSPS) is 11.1. The van der Waals surface area contributed by atoms with Crippen LogP contribution >= 0.6 is 0 Å². The molecule has 9 nitrogen and oxygen atoms in total. The van der Waals surface area contributed by atoms with E-state index in [1.54, 1.807) is 35.9 Å². The summed E-state index contributed by atoms with van der Waals surface area (Å²) in [5.41, 5.74) is 3.54. The van der Waals surface area contributed by atoms with Crippen molar-refractivity contribution in [1.82, 2.24) is 14.9 Å². The van der Waals surface area contributed by atoms with Crippen LogP contribution in [0.2, 0.25) is 0 Å². The molecule has 0 spiro atoms. The average Bonchev–Trinajstić information content (AvgIpc) is 2.95. The SMILES string of the molecule is COCCNc1c(CCC(=O)O)nc2ccc(/C=C/C(=O)NO)cn12. The molecule has 0 fully saturated rings. The first-order valence-electron chi connectivity index (χ1n) is 7.63. The number of aromatic nitrogens is 2. The lowest BCUT2D eigenvalue weighted by atomic mass is 10.2. The summed E-state index contributed by atoms with van der Waals surface area (Å²) in [6.07, 6.45) is 4.78. The van der Waals surface area contributed by atoms with E-state index in [1.165, 1.54) is 11.6 Å². The first-order valence-corrected chi connectivity index (χ1v) is 7.63. The van der Waals surface area contributed by atoms with Gasteiger partial charge in [-0.3, -0.25) is 19.2 Å². The van der Waals surface area contributed by atoms with Gasteiger partial charge in [-0.1, -0.05) is 0 Å². The highest BCUT2D eigenvalue weighted by Crippen LogP contribution is 2.21. The molecule has 0 bridgehead atoms. The zero-order chi connectivity index (χ0) is 18.2. The van der Waals surface area contributed by atoms with Crippen LogP contribution in [0.5, 0.6) is 0 Å². The predicted molar refractivity (Wildman–Crippen MR) is 90.5 cm³/mol. The number of nitrogens with zero attached hydrogens (tertiary/aromatic N) is 2. The van der Waals surface area contributed by atoms with Crippen LogP contribution in [-0.4, -0.2) is 51.8 Å². The Bertz CT molecular complexity index is 784. The molecule has 0 unspecified atom stereocenters. The van der Waals surface area contributed by atoms with Gasteiger partial charge in [0.05, 0.1) is 18.7 Å². The van der Waals surface area contributed by atoms with Gasteiger partial charge in [-0.05, 0) is 23.8 Å². The van der Waals surface area contributed by atoms with Crippen LogP contribution < -0.4 is 10.8 Å². The van der Waals surface area contributed by atoms with Crippen molar-refractivity contribution in [3.05, 3.63) is 35.7 Å². The Kier molecular flexibility index (Phi) is 6.49. The van der Waals surface area contributed by atoms with Gasteiger partial charge < -0.3 is 15.2 Å². The van der Waals surface area contributed by atoms with Gasteiger partial charge in [0.15, 0.2) is 0 Å². The van der Waals surface area contributed by atoms with E-state index >= 15 is 0 Å². The maximum Gasteiger partial charge on any atom is 0.303 e. The minimum absolute atomic E-state index is 0.0216. The Labute approximate surface area is 143 Å². The quantitative estimate of drug-likeness (QED) is 0.230. The Hall–Kier alpha value is -2.91. The topological polar surface area (TPSA) is 125 Å². The first-order chi connectivity index (χ1) is 12.0. The molecule has 0 aliphatic carbocycles. The second-order valence-electron chi connectivity index (χ2n) is 5.22. The number of rotatable bonds is 9. The zero-order valence-electron chi connectivity index (χ0n) is 13.7. The second kappa shape index (κ2) is 8.81. The number of aliphatic carboxylic acids is 1. The summed E-state index contributed by atoms with van der Waals surface area (Å²) in [5.74, 6) is -0.833. The molecule has 0 aromatic carbocycles. The molecule has 0 radical (unpaired) electrons. The monoisotopic (exact) mass is 348 g/mol. The van der Waals surface area contributed by atoms with Gasteiger partial charge in [-0.25, -0.2) is 10.5 Å². The number of hydrogen-bond acceptors (Lipinski definition) is 6. The minimum atomic E-state index is -0.890. The molecule has 0 aliphatic heterocycles. The second-order valence-corrected chi connectivity index (χ2v) is 5.22. The van der Waals surface area contributed by atoms with Gasteiger partial charge in [0, 0.05) is 32.3 Å². The number of hydroxylamine groups is 1. The van der Waals surface area contributed by atoms with Crippen molar-refractivity contribution in [1.29, 1.82) is 0 Å². The number of methoxy groups -OCH3 is 1. The van der Waals surface area contributed by atoms with Gasteiger partial charge in [-0.2, -0.15) is 0 Å². The van der Waals surface area contributed by atoms with Crippen LogP contribution in [0, 0.1) is 0 Å². The number of fused-ring (bicyclic) bond motifs is 1. The van der Waals surface area contributed by atoms with Crippen molar-refractivity contribution in [3.8, 4) is 0 Å². The minimum Gasteiger partial charge on any atom is -0.481 e. The van der Waals surface area contributed by atoms with Crippen molar-refractivity contribution in [2.24, 2.45) is 0 Å². The highest BCUT2D eigenvalue weighted by Gasteiger charge is 2.13. The fourth-order valence-corrected chi connectivity index (χ4v) is 2.28. The van der Waals surface area contributed by atoms with Crippen molar-refractivity contribution < 1.29 is 24.6 Å². The molecule has 0 saturated heterocycles. The van der Waals surface area contributed by atoms with E-state index in [0.717, 1.165) is 0 Å². The maximum atomic E-state index is 11.1. The number of aryl methyl sites for hydroxylation is 1. The van der Waals surface area contributed by atoms with Gasteiger partial charge in [-0.15, -0.1) is 0 Å². The lowest BCUT2D eigenvalue weighted by Crippen LogP contribution is -2.14. The molecule has 2 aromatic rings. The van der Waals surface area contributed by atoms with Crippen LogP contribution in [-0.2, 0) is 20.7 Å².